The van der Waals surface area contributed by atoms with Crippen LogP contribution in [-0.4, -0.2) is 38.3 Å². The Morgan fingerprint density at radius 2 is 2.04 bits per heavy atom. The van der Waals surface area contributed by atoms with Gasteiger partial charge >= 0.3 is 0 Å². The number of carbonyl (C=O) groups is 2. The zero-order valence-corrected chi connectivity index (χ0v) is 17.2. The van der Waals surface area contributed by atoms with Gasteiger partial charge in [0.25, 0.3) is 0 Å². The molecule has 1 aliphatic heterocycles. The quantitative estimate of drug-likeness (QED) is 0.427. The summed E-state index contributed by atoms with van der Waals surface area (Å²) >= 11 is 0. The molecule has 1 aliphatic rings. The summed E-state index contributed by atoms with van der Waals surface area (Å²) in [6.45, 7) is 2.89. The molecule has 0 fully saturated rings. The number of para-hydroxylation sites is 1. The summed E-state index contributed by atoms with van der Waals surface area (Å²) in [5, 5.41) is 4.24. The number of anilines is 1. The zero-order chi connectivity index (χ0) is 19.8. The van der Waals surface area contributed by atoms with Crippen LogP contribution in [0, 0.1) is 0 Å². The minimum atomic E-state index is -0.633. The predicted octanol–water partition coefficient (Wildman–Crippen LogP) is 2.69. The van der Waals surface area contributed by atoms with Crippen molar-refractivity contribution in [3.05, 3.63) is 60.4 Å². The molecule has 3 rings (SSSR count). The van der Waals surface area contributed by atoms with Crippen LogP contribution in [-0.2, 0) is 9.59 Å². The number of fused-ring (bicyclic) bond motifs is 1. The maximum Gasteiger partial charge on any atom is 0.243 e. The number of rotatable bonds is 8. The van der Waals surface area contributed by atoms with E-state index in [-0.39, 0.29) is 11.8 Å². The zero-order valence-electron chi connectivity index (χ0n) is 16.2. The average Bonchev–Trinajstić information content (AvgIpc) is 3.06. The third-order valence-electron chi connectivity index (χ3n) is 4.83. The molecule has 0 unspecified atom stereocenters. The number of hydrogen-bond donors (Lipinski definition) is 1. The van der Waals surface area contributed by atoms with E-state index in [0.29, 0.717) is 13.0 Å². The first kappa shape index (κ1) is 20.0. The van der Waals surface area contributed by atoms with E-state index in [1.807, 2.05) is 23.1 Å². The van der Waals surface area contributed by atoms with Crippen LogP contribution in [0.1, 0.15) is 31.2 Å². The lowest BCUT2D eigenvalue weighted by molar-refractivity contribution is -0.118. The summed E-state index contributed by atoms with van der Waals surface area (Å²) in [7, 11) is -0.633. The molecule has 28 heavy (non-hydrogen) atoms. The molecular formula is C22H26N3O2Si. The van der Waals surface area contributed by atoms with Crippen molar-refractivity contribution in [1.82, 2.24) is 10.3 Å². The van der Waals surface area contributed by atoms with Gasteiger partial charge in [-0.05, 0) is 41.8 Å². The van der Waals surface area contributed by atoms with E-state index in [4.69, 9.17) is 0 Å². The first-order valence-corrected chi connectivity index (χ1v) is 11.9. The Hall–Kier alpha value is -2.73. The Bertz CT molecular complexity index is 839. The lowest BCUT2D eigenvalue weighted by Crippen LogP contribution is -2.33. The van der Waals surface area contributed by atoms with Gasteiger partial charge in [0.2, 0.25) is 11.8 Å². The molecule has 2 heterocycles. The molecule has 1 N–H and O–H groups in total. The highest BCUT2D eigenvalue weighted by molar-refractivity contribution is 6.76. The third kappa shape index (κ3) is 5.39. The van der Waals surface area contributed by atoms with Gasteiger partial charge in [-0.1, -0.05) is 37.2 Å². The van der Waals surface area contributed by atoms with Crippen molar-refractivity contribution in [3.8, 4) is 0 Å². The second kappa shape index (κ2) is 9.99. The van der Waals surface area contributed by atoms with Crippen molar-refractivity contribution in [2.45, 2.75) is 32.2 Å². The van der Waals surface area contributed by atoms with Crippen molar-refractivity contribution in [2.75, 3.05) is 17.6 Å². The summed E-state index contributed by atoms with van der Waals surface area (Å²) in [5.41, 5.74) is 2.01. The van der Waals surface area contributed by atoms with Gasteiger partial charge in [-0.2, -0.15) is 0 Å². The van der Waals surface area contributed by atoms with Gasteiger partial charge in [0.15, 0.2) is 0 Å². The Kier molecular flexibility index (Phi) is 7.14. The van der Waals surface area contributed by atoms with Crippen LogP contribution >= 0.6 is 0 Å². The molecular weight excluding hydrogens is 366 g/mol. The van der Waals surface area contributed by atoms with Gasteiger partial charge in [-0.3, -0.25) is 14.6 Å². The number of nitrogens with zero attached hydrogens (tertiary/aromatic N) is 2. The second-order valence-corrected chi connectivity index (χ2v) is 9.41. The molecule has 1 radical (unpaired) electrons. The first-order chi connectivity index (χ1) is 13.6. The molecule has 0 saturated heterocycles. The van der Waals surface area contributed by atoms with Gasteiger partial charge in [0.05, 0.1) is 0 Å². The SMILES string of the molecule is C[Si]1CN(C(=O)CCCCCNC(=O)/C=C/c2cccnc2)c2ccccc21. The molecule has 2 aromatic rings. The maximum atomic E-state index is 12.6. The Labute approximate surface area is 168 Å². The Balaban J connectivity index is 1.32. The van der Waals surface area contributed by atoms with Gasteiger partial charge in [-0.15, -0.1) is 0 Å². The fourth-order valence-electron chi connectivity index (χ4n) is 3.33. The van der Waals surface area contributed by atoms with Gasteiger partial charge in [-0.25, -0.2) is 0 Å². The molecule has 0 saturated carbocycles. The van der Waals surface area contributed by atoms with E-state index in [2.05, 4.69) is 35.0 Å². The molecule has 5 nitrogen and oxygen atoms in total. The molecule has 0 aliphatic carbocycles. The average molecular weight is 393 g/mol. The fourth-order valence-corrected chi connectivity index (χ4v) is 5.36. The van der Waals surface area contributed by atoms with E-state index in [9.17, 15) is 9.59 Å². The van der Waals surface area contributed by atoms with Crippen LogP contribution in [0.3, 0.4) is 0 Å². The second-order valence-electron chi connectivity index (χ2n) is 7.00. The van der Waals surface area contributed by atoms with Crippen molar-refractivity contribution in [2.24, 2.45) is 0 Å². The molecule has 145 valence electrons. The lowest BCUT2D eigenvalue weighted by atomic mass is 10.1. The molecule has 0 atom stereocenters. The Morgan fingerprint density at radius 1 is 1.18 bits per heavy atom. The van der Waals surface area contributed by atoms with Crippen LogP contribution in [0.5, 0.6) is 0 Å². The standard InChI is InChI=1S/C22H26N3O2Si/c1-28-17-25(19-9-4-5-10-20(19)28)22(27)11-3-2-6-15-24-21(26)13-12-18-8-7-14-23-16-18/h4-5,7-10,12-14,16H,2-3,6,11,15,17H2,1H3,(H,24,26)/b13-12+. The van der Waals surface area contributed by atoms with Crippen molar-refractivity contribution in [1.29, 1.82) is 0 Å². The molecule has 1 aromatic carbocycles. The Morgan fingerprint density at radius 3 is 2.86 bits per heavy atom. The van der Waals surface area contributed by atoms with Crippen LogP contribution in [0.4, 0.5) is 5.69 Å². The number of aromatic nitrogens is 1. The summed E-state index contributed by atoms with van der Waals surface area (Å²) in [4.78, 5) is 30.3. The van der Waals surface area contributed by atoms with Crippen LogP contribution in [0.15, 0.2) is 54.9 Å². The highest BCUT2D eigenvalue weighted by Gasteiger charge is 2.29. The van der Waals surface area contributed by atoms with Crippen molar-refractivity contribution < 1.29 is 9.59 Å². The number of pyridine rings is 1. The monoisotopic (exact) mass is 392 g/mol. The van der Waals surface area contributed by atoms with Gasteiger partial charge in [0.1, 0.15) is 8.80 Å². The molecule has 2 amide bonds. The maximum absolute atomic E-state index is 12.6. The van der Waals surface area contributed by atoms with E-state index < -0.39 is 8.80 Å². The summed E-state index contributed by atoms with van der Waals surface area (Å²) in [5.74, 6) is 0.115. The van der Waals surface area contributed by atoms with E-state index in [1.54, 1.807) is 18.5 Å². The van der Waals surface area contributed by atoms with Crippen molar-refractivity contribution in [3.63, 3.8) is 0 Å². The molecule has 6 heteroatoms. The highest BCUT2D eigenvalue weighted by Crippen LogP contribution is 2.20. The first-order valence-electron chi connectivity index (χ1n) is 9.73. The van der Waals surface area contributed by atoms with Gasteiger partial charge < -0.3 is 10.2 Å². The highest BCUT2D eigenvalue weighted by atomic mass is 28.3. The number of benzene rings is 1. The number of unbranched alkanes of at least 4 members (excludes halogenated alkanes) is 2. The van der Waals surface area contributed by atoms with E-state index >= 15 is 0 Å². The molecule has 0 spiro atoms. The van der Waals surface area contributed by atoms with E-state index in [0.717, 1.165) is 36.7 Å². The summed E-state index contributed by atoms with van der Waals surface area (Å²) in [6.07, 6.45) is 10.8. The minimum absolute atomic E-state index is 0.105. The fraction of sp³-hybridized carbons (Fsp3) is 0.318. The summed E-state index contributed by atoms with van der Waals surface area (Å²) < 4.78 is 0. The smallest absolute Gasteiger partial charge is 0.243 e. The third-order valence-corrected chi connectivity index (χ3v) is 6.96. The normalized spacial score (nSPS) is 13.7. The predicted molar refractivity (Wildman–Crippen MR) is 115 cm³/mol. The number of carbonyl (C=O) groups excluding carboxylic acids is 2. The lowest BCUT2D eigenvalue weighted by Gasteiger charge is -2.17. The van der Waals surface area contributed by atoms with Crippen LogP contribution in [0.25, 0.3) is 6.08 Å². The molecule has 1 aromatic heterocycles. The number of amides is 2. The minimum Gasteiger partial charge on any atom is -0.353 e. The van der Waals surface area contributed by atoms with Crippen LogP contribution in [0.2, 0.25) is 6.55 Å². The summed E-state index contributed by atoms with van der Waals surface area (Å²) in [6, 6.07) is 12.0. The number of hydrogen-bond acceptors (Lipinski definition) is 3. The van der Waals surface area contributed by atoms with E-state index in [1.165, 1.54) is 11.3 Å². The van der Waals surface area contributed by atoms with Crippen molar-refractivity contribution >= 4 is 37.6 Å². The molecule has 0 bridgehead atoms. The van der Waals surface area contributed by atoms with Gasteiger partial charge in [0, 0.05) is 43.3 Å². The topological polar surface area (TPSA) is 62.3 Å². The number of nitrogens with one attached hydrogen (secondary N) is 1. The van der Waals surface area contributed by atoms with Crippen LogP contribution < -0.4 is 15.4 Å². The largest absolute Gasteiger partial charge is 0.353 e.